The van der Waals surface area contributed by atoms with Gasteiger partial charge in [0.05, 0.1) is 5.69 Å². The maximum Gasteiger partial charge on any atom is 0.458 e. The molecule has 9 heteroatoms. The number of alkyl halides is 5. The summed E-state index contributed by atoms with van der Waals surface area (Å²) in [7, 11) is 0. The molecule has 0 fully saturated rings. The van der Waals surface area contributed by atoms with Gasteiger partial charge in [-0.05, 0) is 25.5 Å². The average Bonchev–Trinajstić information content (AvgIpc) is 2.53. The van der Waals surface area contributed by atoms with E-state index in [2.05, 4.69) is 0 Å². The third-order valence-electron chi connectivity index (χ3n) is 3.82. The van der Waals surface area contributed by atoms with Crippen LogP contribution in [0.4, 0.5) is 46.5 Å². The Hall–Kier alpha value is -2.32. The van der Waals surface area contributed by atoms with Crippen LogP contribution >= 0.6 is 0 Å². The summed E-state index contributed by atoms with van der Waals surface area (Å²) in [4.78, 5) is 0.989. The number of para-hydroxylation sites is 1. The SMILES string of the molecule is CCN(c1ccccc1C)c1cc(F)c(F)c(C(F)(F)C(F)(F)F)c1F. The maximum absolute atomic E-state index is 14.6. The van der Waals surface area contributed by atoms with Gasteiger partial charge in [-0.3, -0.25) is 0 Å². The molecule has 0 unspecified atom stereocenters. The summed E-state index contributed by atoms with van der Waals surface area (Å²) in [5.74, 6) is -12.7. The fourth-order valence-electron chi connectivity index (χ4n) is 2.54. The normalized spacial score (nSPS) is 12.4. The largest absolute Gasteiger partial charge is 0.458 e. The van der Waals surface area contributed by atoms with Crippen LogP contribution in [0.15, 0.2) is 30.3 Å². The van der Waals surface area contributed by atoms with E-state index in [1.165, 1.54) is 19.1 Å². The molecule has 0 aliphatic heterocycles. The van der Waals surface area contributed by atoms with Crippen LogP contribution in [0.2, 0.25) is 0 Å². The molecule has 142 valence electrons. The second kappa shape index (κ2) is 6.77. The Morgan fingerprint density at radius 3 is 1.96 bits per heavy atom. The smallest absolute Gasteiger partial charge is 0.339 e. The molecule has 0 aromatic heterocycles. The van der Waals surface area contributed by atoms with E-state index in [4.69, 9.17) is 0 Å². The van der Waals surface area contributed by atoms with E-state index in [-0.39, 0.29) is 18.3 Å². The number of rotatable bonds is 4. The predicted octanol–water partition coefficient (Wildman–Crippen LogP) is 6.22. The van der Waals surface area contributed by atoms with Crippen molar-refractivity contribution in [3.8, 4) is 0 Å². The first-order chi connectivity index (χ1) is 11.9. The summed E-state index contributed by atoms with van der Waals surface area (Å²) in [6.07, 6.45) is -6.29. The molecule has 0 aliphatic rings. The van der Waals surface area contributed by atoms with Gasteiger partial charge in [0.15, 0.2) is 17.5 Å². The van der Waals surface area contributed by atoms with Crippen LogP contribution in [-0.2, 0) is 5.92 Å². The van der Waals surface area contributed by atoms with Gasteiger partial charge in [0.1, 0.15) is 5.56 Å². The molecule has 0 spiro atoms. The Balaban J connectivity index is 2.78. The van der Waals surface area contributed by atoms with Crippen LogP contribution in [0.3, 0.4) is 0 Å². The number of benzene rings is 2. The van der Waals surface area contributed by atoms with Crippen molar-refractivity contribution in [1.29, 1.82) is 0 Å². The molecule has 2 rings (SSSR count). The van der Waals surface area contributed by atoms with Crippen LogP contribution < -0.4 is 4.90 Å². The van der Waals surface area contributed by atoms with Gasteiger partial charge in [-0.25, -0.2) is 13.2 Å². The highest BCUT2D eigenvalue weighted by atomic mass is 19.4. The third kappa shape index (κ3) is 3.22. The van der Waals surface area contributed by atoms with Crippen LogP contribution in [0.5, 0.6) is 0 Å². The molecule has 0 bridgehead atoms. The second-order valence-corrected chi connectivity index (χ2v) is 5.48. The lowest BCUT2D eigenvalue weighted by molar-refractivity contribution is -0.291. The topological polar surface area (TPSA) is 3.24 Å². The maximum atomic E-state index is 14.6. The molecule has 0 saturated heterocycles. The molecule has 0 amide bonds. The monoisotopic (exact) mass is 383 g/mol. The quantitative estimate of drug-likeness (QED) is 0.447. The second-order valence-electron chi connectivity index (χ2n) is 5.48. The van der Waals surface area contributed by atoms with Crippen molar-refractivity contribution in [3.63, 3.8) is 0 Å². The Labute approximate surface area is 143 Å². The number of halogens is 8. The van der Waals surface area contributed by atoms with E-state index in [0.29, 0.717) is 5.56 Å². The van der Waals surface area contributed by atoms with Crippen molar-refractivity contribution in [3.05, 3.63) is 58.9 Å². The van der Waals surface area contributed by atoms with Crippen LogP contribution in [0.25, 0.3) is 0 Å². The summed E-state index contributed by atoms with van der Waals surface area (Å²) in [5, 5.41) is 0. The Bertz CT molecular complexity index is 813. The molecule has 0 aliphatic carbocycles. The van der Waals surface area contributed by atoms with Crippen molar-refractivity contribution < 1.29 is 35.1 Å². The first-order valence-electron chi connectivity index (χ1n) is 7.39. The number of anilines is 2. The minimum absolute atomic E-state index is 0.0934. The van der Waals surface area contributed by atoms with Crippen molar-refractivity contribution in [2.45, 2.75) is 25.9 Å². The molecular formula is C17H13F8N. The van der Waals surface area contributed by atoms with Crippen molar-refractivity contribution in [2.75, 3.05) is 11.4 Å². The predicted molar refractivity (Wildman–Crippen MR) is 80.1 cm³/mol. The van der Waals surface area contributed by atoms with E-state index < -0.39 is 40.8 Å². The summed E-state index contributed by atoms with van der Waals surface area (Å²) in [6, 6.07) is 6.43. The van der Waals surface area contributed by atoms with Gasteiger partial charge in [0.2, 0.25) is 0 Å². The Morgan fingerprint density at radius 2 is 1.46 bits per heavy atom. The van der Waals surface area contributed by atoms with Crippen LogP contribution in [0, 0.1) is 24.4 Å². The Morgan fingerprint density at radius 1 is 0.885 bits per heavy atom. The summed E-state index contributed by atoms with van der Waals surface area (Å²) < 4.78 is 107. The zero-order chi connectivity index (χ0) is 19.9. The number of hydrogen-bond donors (Lipinski definition) is 0. The highest BCUT2D eigenvalue weighted by Gasteiger charge is 2.62. The van der Waals surface area contributed by atoms with Gasteiger partial charge >= 0.3 is 12.1 Å². The zero-order valence-corrected chi connectivity index (χ0v) is 13.6. The van der Waals surface area contributed by atoms with Crippen LogP contribution in [-0.4, -0.2) is 12.7 Å². The standard InChI is InChI=1S/C17H13F8N/c1-3-26(11-7-5-4-6-9(11)2)12-8-10(18)14(19)13(15(12)20)16(21,22)17(23,24)25/h4-8H,3H2,1-2H3. The lowest BCUT2D eigenvalue weighted by atomic mass is 10.0. The summed E-state index contributed by atoms with van der Waals surface area (Å²) in [5.41, 5.74) is -2.80. The van der Waals surface area contributed by atoms with E-state index in [1.54, 1.807) is 19.1 Å². The fraction of sp³-hybridized carbons (Fsp3) is 0.294. The van der Waals surface area contributed by atoms with Gasteiger partial charge in [0, 0.05) is 18.3 Å². The highest BCUT2D eigenvalue weighted by molar-refractivity contribution is 5.67. The van der Waals surface area contributed by atoms with E-state index >= 15 is 0 Å². The van der Waals surface area contributed by atoms with E-state index in [1.807, 2.05) is 0 Å². The van der Waals surface area contributed by atoms with E-state index in [0.717, 1.165) is 4.90 Å². The van der Waals surface area contributed by atoms with Gasteiger partial charge in [-0.15, -0.1) is 0 Å². The lowest BCUT2D eigenvalue weighted by Crippen LogP contribution is -2.36. The van der Waals surface area contributed by atoms with Crippen molar-refractivity contribution in [1.82, 2.24) is 0 Å². The molecule has 0 atom stereocenters. The fourth-order valence-corrected chi connectivity index (χ4v) is 2.54. The molecule has 0 N–H and O–H groups in total. The van der Waals surface area contributed by atoms with Gasteiger partial charge in [-0.1, -0.05) is 18.2 Å². The molecule has 0 heterocycles. The number of aryl methyl sites for hydroxylation is 1. The highest BCUT2D eigenvalue weighted by Crippen LogP contribution is 2.48. The summed E-state index contributed by atoms with van der Waals surface area (Å²) in [6.45, 7) is 2.94. The molecule has 0 saturated carbocycles. The van der Waals surface area contributed by atoms with Crippen molar-refractivity contribution in [2.24, 2.45) is 0 Å². The first-order valence-corrected chi connectivity index (χ1v) is 7.39. The average molecular weight is 383 g/mol. The molecular weight excluding hydrogens is 370 g/mol. The molecule has 2 aromatic rings. The number of hydrogen-bond acceptors (Lipinski definition) is 1. The van der Waals surface area contributed by atoms with E-state index in [9.17, 15) is 35.1 Å². The van der Waals surface area contributed by atoms with Gasteiger partial charge in [-0.2, -0.15) is 22.0 Å². The third-order valence-corrected chi connectivity index (χ3v) is 3.82. The molecule has 0 radical (unpaired) electrons. The van der Waals surface area contributed by atoms with Gasteiger partial charge in [0.25, 0.3) is 0 Å². The Kier molecular flexibility index (Phi) is 5.21. The zero-order valence-electron chi connectivity index (χ0n) is 13.6. The molecule has 26 heavy (non-hydrogen) atoms. The minimum atomic E-state index is -6.29. The van der Waals surface area contributed by atoms with Crippen molar-refractivity contribution >= 4 is 11.4 Å². The lowest BCUT2D eigenvalue weighted by Gasteiger charge is -2.28. The summed E-state index contributed by atoms with van der Waals surface area (Å²) >= 11 is 0. The minimum Gasteiger partial charge on any atom is -0.339 e. The van der Waals surface area contributed by atoms with Gasteiger partial charge < -0.3 is 4.90 Å². The molecule has 1 nitrogen and oxygen atoms in total. The molecule has 2 aromatic carbocycles. The first kappa shape index (κ1) is 20.0. The van der Waals surface area contributed by atoms with Crippen LogP contribution in [0.1, 0.15) is 18.1 Å². The number of nitrogens with zero attached hydrogens (tertiary/aromatic N) is 1.